The number of aromatic amines is 1. The Morgan fingerprint density at radius 2 is 1.93 bits per heavy atom. The molecule has 2 aromatic rings. The van der Waals surface area contributed by atoms with Gasteiger partial charge in [-0.05, 0) is 0 Å². The number of halogens is 1. The Bertz CT molecular complexity index is 385. The Balaban J connectivity index is 0.000000980. The molecule has 1 aromatic heterocycles. The highest BCUT2D eigenvalue weighted by Gasteiger charge is 2.02. The molecular formula is C9H11ClN4. The predicted octanol–water partition coefficient (Wildman–Crippen LogP) is 1.35. The summed E-state index contributed by atoms with van der Waals surface area (Å²) in [7, 11) is 0. The molecule has 1 aromatic carbocycles. The van der Waals surface area contributed by atoms with Crippen molar-refractivity contribution in [2.24, 2.45) is 5.73 Å². The topological polar surface area (TPSA) is 67.6 Å². The highest BCUT2D eigenvalue weighted by Crippen LogP contribution is 2.12. The Kier molecular flexibility index (Phi) is 3.62. The first-order valence-corrected chi connectivity index (χ1v) is 4.07. The second kappa shape index (κ2) is 4.74. The molecule has 2 rings (SSSR count). The molecular weight excluding hydrogens is 200 g/mol. The van der Waals surface area contributed by atoms with Crippen molar-refractivity contribution in [3.05, 3.63) is 36.2 Å². The maximum absolute atomic E-state index is 5.41. The molecule has 0 saturated heterocycles. The van der Waals surface area contributed by atoms with Crippen LogP contribution in [0.15, 0.2) is 30.3 Å². The Morgan fingerprint density at radius 3 is 2.50 bits per heavy atom. The van der Waals surface area contributed by atoms with Gasteiger partial charge in [0.2, 0.25) is 0 Å². The number of nitrogens with two attached hydrogens (primary N) is 1. The van der Waals surface area contributed by atoms with Gasteiger partial charge in [-0.25, -0.2) is 4.98 Å². The molecule has 1 heterocycles. The van der Waals surface area contributed by atoms with Crippen molar-refractivity contribution in [3.63, 3.8) is 0 Å². The highest BCUT2D eigenvalue weighted by molar-refractivity contribution is 5.85. The van der Waals surface area contributed by atoms with Crippen LogP contribution < -0.4 is 5.73 Å². The maximum atomic E-state index is 5.41. The zero-order valence-electron chi connectivity index (χ0n) is 7.47. The minimum absolute atomic E-state index is 0. The lowest BCUT2D eigenvalue weighted by Crippen LogP contribution is -1.97. The average Bonchev–Trinajstić information content (AvgIpc) is 2.67. The van der Waals surface area contributed by atoms with E-state index in [2.05, 4.69) is 15.2 Å². The number of rotatable bonds is 2. The van der Waals surface area contributed by atoms with Crippen LogP contribution in [0.5, 0.6) is 0 Å². The first kappa shape index (κ1) is 10.7. The minimum Gasteiger partial charge on any atom is -0.324 e. The van der Waals surface area contributed by atoms with Crippen molar-refractivity contribution in [1.82, 2.24) is 15.2 Å². The first-order chi connectivity index (χ1) is 6.40. The largest absolute Gasteiger partial charge is 0.324 e. The third-order valence-corrected chi connectivity index (χ3v) is 1.76. The number of H-pyrrole nitrogens is 1. The zero-order valence-corrected chi connectivity index (χ0v) is 8.29. The van der Waals surface area contributed by atoms with E-state index in [-0.39, 0.29) is 12.4 Å². The van der Waals surface area contributed by atoms with Crippen LogP contribution in [0, 0.1) is 0 Å². The summed E-state index contributed by atoms with van der Waals surface area (Å²) in [6, 6.07) is 9.79. The summed E-state index contributed by atoms with van der Waals surface area (Å²) in [5.74, 6) is 1.40. The molecule has 4 nitrogen and oxygen atoms in total. The average molecular weight is 211 g/mol. The third-order valence-electron chi connectivity index (χ3n) is 1.76. The number of nitrogens with one attached hydrogen (secondary N) is 1. The van der Waals surface area contributed by atoms with Crippen molar-refractivity contribution in [3.8, 4) is 11.4 Å². The number of nitrogens with zero attached hydrogens (tertiary/aromatic N) is 2. The summed E-state index contributed by atoms with van der Waals surface area (Å²) in [5.41, 5.74) is 6.41. The fourth-order valence-electron chi connectivity index (χ4n) is 1.10. The van der Waals surface area contributed by atoms with Gasteiger partial charge in [-0.1, -0.05) is 30.3 Å². The highest BCUT2D eigenvalue weighted by atomic mass is 35.5. The monoisotopic (exact) mass is 210 g/mol. The van der Waals surface area contributed by atoms with Crippen LogP contribution >= 0.6 is 12.4 Å². The summed E-state index contributed by atoms with van der Waals surface area (Å²) >= 11 is 0. The molecule has 0 aliphatic carbocycles. The summed E-state index contributed by atoms with van der Waals surface area (Å²) in [4.78, 5) is 4.21. The molecule has 0 aliphatic heterocycles. The Hall–Kier alpha value is -1.39. The molecule has 0 unspecified atom stereocenters. The SMILES string of the molecule is Cl.NCc1nc(-c2ccccc2)n[nH]1. The van der Waals surface area contributed by atoms with Gasteiger partial charge in [0.1, 0.15) is 5.82 Å². The van der Waals surface area contributed by atoms with E-state index in [1.165, 1.54) is 0 Å². The molecule has 74 valence electrons. The second-order valence-electron chi connectivity index (χ2n) is 2.68. The van der Waals surface area contributed by atoms with Gasteiger partial charge in [0.15, 0.2) is 5.82 Å². The molecule has 14 heavy (non-hydrogen) atoms. The van der Waals surface area contributed by atoms with E-state index in [9.17, 15) is 0 Å². The van der Waals surface area contributed by atoms with Gasteiger partial charge in [-0.15, -0.1) is 12.4 Å². The van der Waals surface area contributed by atoms with Crippen molar-refractivity contribution >= 4 is 12.4 Å². The maximum Gasteiger partial charge on any atom is 0.181 e. The number of hydrogen-bond acceptors (Lipinski definition) is 3. The molecule has 0 amide bonds. The molecule has 0 fully saturated rings. The van der Waals surface area contributed by atoms with Crippen LogP contribution in [0.4, 0.5) is 0 Å². The van der Waals surface area contributed by atoms with E-state index < -0.39 is 0 Å². The summed E-state index contributed by atoms with van der Waals surface area (Å²) in [5, 5.41) is 6.81. The standard InChI is InChI=1S/C9H10N4.ClH/c10-6-8-11-9(13-12-8)7-4-2-1-3-5-7;/h1-5H,6,10H2,(H,11,12,13);1H. The van der Waals surface area contributed by atoms with Gasteiger partial charge in [0.05, 0.1) is 6.54 Å². The van der Waals surface area contributed by atoms with Crippen LogP contribution in [0.25, 0.3) is 11.4 Å². The molecule has 0 bridgehead atoms. The van der Waals surface area contributed by atoms with Gasteiger partial charge < -0.3 is 5.73 Å². The molecule has 0 saturated carbocycles. The normalized spacial score (nSPS) is 9.50. The fourth-order valence-corrected chi connectivity index (χ4v) is 1.10. The summed E-state index contributed by atoms with van der Waals surface area (Å²) < 4.78 is 0. The second-order valence-corrected chi connectivity index (χ2v) is 2.68. The van der Waals surface area contributed by atoms with Crippen molar-refractivity contribution in [2.75, 3.05) is 0 Å². The van der Waals surface area contributed by atoms with E-state index in [1.54, 1.807) is 0 Å². The first-order valence-electron chi connectivity index (χ1n) is 4.07. The number of benzene rings is 1. The van der Waals surface area contributed by atoms with Crippen LogP contribution in [-0.4, -0.2) is 15.2 Å². The Labute approximate surface area is 88.0 Å². The molecule has 5 heteroatoms. The van der Waals surface area contributed by atoms with Crippen LogP contribution in [-0.2, 0) is 6.54 Å². The van der Waals surface area contributed by atoms with Gasteiger partial charge >= 0.3 is 0 Å². The summed E-state index contributed by atoms with van der Waals surface area (Å²) in [6.45, 7) is 0.389. The zero-order chi connectivity index (χ0) is 9.10. The van der Waals surface area contributed by atoms with E-state index in [0.29, 0.717) is 18.2 Å². The molecule has 0 spiro atoms. The fraction of sp³-hybridized carbons (Fsp3) is 0.111. The molecule has 0 atom stereocenters. The van der Waals surface area contributed by atoms with Crippen LogP contribution in [0.3, 0.4) is 0 Å². The van der Waals surface area contributed by atoms with E-state index in [0.717, 1.165) is 5.56 Å². The minimum atomic E-state index is 0. The van der Waals surface area contributed by atoms with Crippen molar-refractivity contribution in [2.45, 2.75) is 6.54 Å². The number of hydrogen-bond donors (Lipinski definition) is 2. The molecule has 0 aliphatic rings. The van der Waals surface area contributed by atoms with Gasteiger partial charge in [0.25, 0.3) is 0 Å². The Morgan fingerprint density at radius 1 is 1.21 bits per heavy atom. The summed E-state index contributed by atoms with van der Waals surface area (Å²) in [6.07, 6.45) is 0. The quantitative estimate of drug-likeness (QED) is 0.787. The van der Waals surface area contributed by atoms with Crippen molar-refractivity contribution < 1.29 is 0 Å². The molecule has 3 N–H and O–H groups in total. The smallest absolute Gasteiger partial charge is 0.181 e. The predicted molar refractivity (Wildman–Crippen MR) is 57.0 cm³/mol. The van der Waals surface area contributed by atoms with Gasteiger partial charge in [-0.3, -0.25) is 5.10 Å². The number of aromatic nitrogens is 3. The lowest BCUT2D eigenvalue weighted by Gasteiger charge is -1.91. The van der Waals surface area contributed by atoms with Crippen molar-refractivity contribution in [1.29, 1.82) is 0 Å². The van der Waals surface area contributed by atoms with Gasteiger partial charge in [-0.2, -0.15) is 5.10 Å². The van der Waals surface area contributed by atoms with E-state index in [4.69, 9.17) is 5.73 Å². The van der Waals surface area contributed by atoms with E-state index >= 15 is 0 Å². The van der Waals surface area contributed by atoms with Gasteiger partial charge in [0, 0.05) is 5.56 Å². The third kappa shape index (κ3) is 2.10. The molecule has 0 radical (unpaired) electrons. The van der Waals surface area contributed by atoms with Crippen LogP contribution in [0.2, 0.25) is 0 Å². The lowest BCUT2D eigenvalue weighted by atomic mass is 10.2. The van der Waals surface area contributed by atoms with E-state index in [1.807, 2.05) is 30.3 Å². The lowest BCUT2D eigenvalue weighted by molar-refractivity contribution is 0.917. The van der Waals surface area contributed by atoms with Crippen LogP contribution in [0.1, 0.15) is 5.82 Å².